The highest BCUT2D eigenvalue weighted by molar-refractivity contribution is 4.87. The third-order valence-corrected chi connectivity index (χ3v) is 1.83. The molecule has 5 heteroatoms. The normalized spacial score (nSPS) is 25.9. The summed E-state index contributed by atoms with van der Waals surface area (Å²) in [6.45, 7) is 0.538. The van der Waals surface area contributed by atoms with E-state index in [1.165, 1.54) is 0 Å². The van der Waals surface area contributed by atoms with Crippen molar-refractivity contribution < 1.29 is 22.6 Å². The molecule has 1 rings (SSSR count). The summed E-state index contributed by atoms with van der Waals surface area (Å²) in [5, 5.41) is 0. The quantitative estimate of drug-likeness (QED) is 0.664. The SMILES string of the molecule is FC(F)C=CC(F)OC1CCCCO1. The number of ether oxygens (including phenoxy) is 2. The van der Waals surface area contributed by atoms with Gasteiger partial charge in [0, 0.05) is 6.61 Å². The molecule has 1 aliphatic rings. The van der Waals surface area contributed by atoms with E-state index in [4.69, 9.17) is 9.47 Å². The van der Waals surface area contributed by atoms with Crippen molar-refractivity contribution in [3.63, 3.8) is 0 Å². The maximum Gasteiger partial charge on any atom is 0.257 e. The van der Waals surface area contributed by atoms with Crippen molar-refractivity contribution in [2.75, 3.05) is 6.61 Å². The smallest absolute Gasteiger partial charge is 0.257 e. The van der Waals surface area contributed by atoms with Crippen LogP contribution in [0, 0.1) is 0 Å². The van der Waals surface area contributed by atoms with E-state index in [0.717, 1.165) is 12.8 Å². The molecule has 0 N–H and O–H groups in total. The zero-order valence-corrected chi connectivity index (χ0v) is 7.67. The molecule has 0 radical (unpaired) electrons. The highest BCUT2D eigenvalue weighted by Crippen LogP contribution is 2.16. The Hall–Kier alpha value is -0.550. The molecule has 2 atom stereocenters. The third kappa shape index (κ3) is 4.62. The van der Waals surface area contributed by atoms with Crippen molar-refractivity contribution in [3.05, 3.63) is 12.2 Å². The Morgan fingerprint density at radius 1 is 1.21 bits per heavy atom. The summed E-state index contributed by atoms with van der Waals surface area (Å²) in [6, 6.07) is 0. The Labute approximate surface area is 80.7 Å². The highest BCUT2D eigenvalue weighted by Gasteiger charge is 2.17. The minimum atomic E-state index is -2.65. The van der Waals surface area contributed by atoms with Gasteiger partial charge in [0.1, 0.15) is 0 Å². The Morgan fingerprint density at radius 3 is 2.57 bits per heavy atom. The number of alkyl halides is 3. The molecule has 0 aromatic heterocycles. The van der Waals surface area contributed by atoms with Crippen LogP contribution in [0.15, 0.2) is 12.2 Å². The van der Waals surface area contributed by atoms with Crippen molar-refractivity contribution in [3.8, 4) is 0 Å². The lowest BCUT2D eigenvalue weighted by Crippen LogP contribution is -2.25. The largest absolute Gasteiger partial charge is 0.353 e. The van der Waals surface area contributed by atoms with Crippen LogP contribution in [-0.2, 0) is 9.47 Å². The first-order valence-corrected chi connectivity index (χ1v) is 4.56. The summed E-state index contributed by atoms with van der Waals surface area (Å²) in [5.41, 5.74) is 0. The van der Waals surface area contributed by atoms with Gasteiger partial charge in [-0.15, -0.1) is 0 Å². The van der Waals surface area contributed by atoms with Crippen LogP contribution in [0.25, 0.3) is 0 Å². The first-order chi connectivity index (χ1) is 6.68. The molecule has 1 heterocycles. The number of hydrogen-bond acceptors (Lipinski definition) is 2. The molecule has 0 spiro atoms. The fraction of sp³-hybridized carbons (Fsp3) is 0.778. The summed E-state index contributed by atoms with van der Waals surface area (Å²) in [6.07, 6.45) is -1.43. The molecule has 0 saturated carbocycles. The van der Waals surface area contributed by atoms with Gasteiger partial charge in [0.05, 0.1) is 0 Å². The van der Waals surface area contributed by atoms with Gasteiger partial charge in [-0.3, -0.25) is 0 Å². The van der Waals surface area contributed by atoms with E-state index in [-0.39, 0.29) is 0 Å². The summed E-state index contributed by atoms with van der Waals surface area (Å²) in [5.74, 6) is 0. The molecule has 0 aromatic carbocycles. The van der Waals surface area contributed by atoms with E-state index in [1.807, 2.05) is 0 Å². The van der Waals surface area contributed by atoms with Crippen LogP contribution in [0.3, 0.4) is 0 Å². The first kappa shape index (κ1) is 11.5. The molecule has 0 aliphatic carbocycles. The molecule has 0 bridgehead atoms. The second-order valence-electron chi connectivity index (χ2n) is 3.00. The summed E-state index contributed by atoms with van der Waals surface area (Å²) >= 11 is 0. The van der Waals surface area contributed by atoms with Gasteiger partial charge in [-0.05, 0) is 31.4 Å². The second-order valence-corrected chi connectivity index (χ2v) is 3.00. The topological polar surface area (TPSA) is 18.5 Å². The van der Waals surface area contributed by atoms with Crippen LogP contribution in [0.5, 0.6) is 0 Å². The molecular weight excluding hydrogens is 197 g/mol. The second kappa shape index (κ2) is 6.03. The lowest BCUT2D eigenvalue weighted by atomic mass is 10.2. The molecule has 0 aromatic rings. The zero-order chi connectivity index (χ0) is 10.4. The van der Waals surface area contributed by atoms with Gasteiger partial charge in [0.25, 0.3) is 6.43 Å². The molecule has 2 nitrogen and oxygen atoms in total. The number of hydrogen-bond donors (Lipinski definition) is 0. The fourth-order valence-corrected chi connectivity index (χ4v) is 1.18. The third-order valence-electron chi connectivity index (χ3n) is 1.83. The molecule has 82 valence electrons. The van der Waals surface area contributed by atoms with Gasteiger partial charge in [-0.1, -0.05) is 0 Å². The molecule has 1 saturated heterocycles. The molecule has 0 amide bonds. The predicted octanol–water partition coefficient (Wildman–Crippen LogP) is 2.65. The maximum atomic E-state index is 12.8. The fourth-order valence-electron chi connectivity index (χ4n) is 1.18. The van der Waals surface area contributed by atoms with E-state index >= 15 is 0 Å². The van der Waals surface area contributed by atoms with E-state index in [1.54, 1.807) is 0 Å². The standard InChI is InChI=1S/C9H13F3O2/c10-7(11)4-5-8(12)14-9-3-1-2-6-13-9/h4-5,7-9H,1-3,6H2. The molecular formula is C9H13F3O2. The number of allylic oxidation sites excluding steroid dienone is 1. The van der Waals surface area contributed by atoms with E-state index < -0.39 is 19.1 Å². The van der Waals surface area contributed by atoms with Crippen molar-refractivity contribution in [1.29, 1.82) is 0 Å². The molecule has 14 heavy (non-hydrogen) atoms. The van der Waals surface area contributed by atoms with Gasteiger partial charge in [0.2, 0.25) is 6.36 Å². The van der Waals surface area contributed by atoms with Crippen LogP contribution in [-0.4, -0.2) is 25.7 Å². The number of halogens is 3. The molecule has 1 aliphatic heterocycles. The van der Waals surface area contributed by atoms with E-state index in [2.05, 4.69) is 0 Å². The molecule has 1 fully saturated rings. The summed E-state index contributed by atoms with van der Waals surface area (Å²) in [7, 11) is 0. The Bertz CT molecular complexity index is 179. The summed E-state index contributed by atoms with van der Waals surface area (Å²) < 4.78 is 45.9. The minimum absolute atomic E-state index is 0.466. The Balaban J connectivity index is 2.21. The summed E-state index contributed by atoms with van der Waals surface area (Å²) in [4.78, 5) is 0. The van der Waals surface area contributed by atoms with Crippen molar-refractivity contribution in [1.82, 2.24) is 0 Å². The monoisotopic (exact) mass is 210 g/mol. The van der Waals surface area contributed by atoms with E-state index in [0.29, 0.717) is 25.2 Å². The number of rotatable bonds is 4. The lowest BCUT2D eigenvalue weighted by Gasteiger charge is -2.23. The zero-order valence-electron chi connectivity index (χ0n) is 7.67. The van der Waals surface area contributed by atoms with Crippen molar-refractivity contribution >= 4 is 0 Å². The van der Waals surface area contributed by atoms with Crippen LogP contribution >= 0.6 is 0 Å². The average Bonchev–Trinajstić information content (AvgIpc) is 2.16. The molecule has 2 unspecified atom stereocenters. The van der Waals surface area contributed by atoms with Gasteiger partial charge in [-0.25, -0.2) is 13.2 Å². The van der Waals surface area contributed by atoms with Crippen LogP contribution < -0.4 is 0 Å². The van der Waals surface area contributed by atoms with Crippen molar-refractivity contribution in [2.45, 2.75) is 38.3 Å². The van der Waals surface area contributed by atoms with Crippen LogP contribution in [0.4, 0.5) is 13.2 Å². The van der Waals surface area contributed by atoms with Crippen LogP contribution in [0.2, 0.25) is 0 Å². The van der Waals surface area contributed by atoms with Gasteiger partial charge >= 0.3 is 0 Å². The Morgan fingerprint density at radius 2 is 2.00 bits per heavy atom. The predicted molar refractivity (Wildman–Crippen MR) is 44.7 cm³/mol. The highest BCUT2D eigenvalue weighted by atomic mass is 19.3. The van der Waals surface area contributed by atoms with E-state index in [9.17, 15) is 13.2 Å². The maximum absolute atomic E-state index is 12.8. The Kier molecular flexibility index (Phi) is 4.97. The van der Waals surface area contributed by atoms with Gasteiger partial charge in [-0.2, -0.15) is 0 Å². The average molecular weight is 210 g/mol. The van der Waals surface area contributed by atoms with Crippen molar-refractivity contribution in [2.24, 2.45) is 0 Å². The van der Waals surface area contributed by atoms with Gasteiger partial charge < -0.3 is 9.47 Å². The van der Waals surface area contributed by atoms with Crippen LogP contribution in [0.1, 0.15) is 19.3 Å². The first-order valence-electron chi connectivity index (χ1n) is 4.56. The minimum Gasteiger partial charge on any atom is -0.353 e. The lowest BCUT2D eigenvalue weighted by molar-refractivity contribution is -0.204. The van der Waals surface area contributed by atoms with Gasteiger partial charge in [0.15, 0.2) is 6.29 Å².